The molecule has 3 unspecified atom stereocenters. The highest BCUT2D eigenvalue weighted by Gasteiger charge is 2.67. The van der Waals surface area contributed by atoms with E-state index < -0.39 is 0 Å². The molecule has 6 rings (SSSR count). The first-order valence-corrected chi connectivity index (χ1v) is 16.2. The minimum Gasteiger partial charge on any atom is -0.455 e. The highest BCUT2D eigenvalue weighted by atomic mass is 16.5. The number of ether oxygens (including phenoxy) is 2. The third-order valence-corrected chi connectivity index (χ3v) is 13.3. The van der Waals surface area contributed by atoms with E-state index >= 15 is 0 Å². The van der Waals surface area contributed by atoms with Crippen LogP contribution in [0.2, 0.25) is 0 Å². The summed E-state index contributed by atoms with van der Waals surface area (Å²) in [4.78, 5) is 15.3. The molecule has 216 valence electrons. The van der Waals surface area contributed by atoms with Gasteiger partial charge in [0.25, 0.3) is 0 Å². The molecule has 0 aromatic rings. The van der Waals surface area contributed by atoms with Crippen molar-refractivity contribution < 1.29 is 23.9 Å². The number of carbonyl (C=O) groups is 1. The summed E-state index contributed by atoms with van der Waals surface area (Å²) >= 11 is 0. The van der Waals surface area contributed by atoms with Crippen LogP contribution in [0.25, 0.3) is 0 Å². The molecule has 0 amide bonds. The summed E-state index contributed by atoms with van der Waals surface area (Å²) in [6.07, 6.45) is 12.6. The molecule has 6 heteroatoms. The number of nitrogens with zero attached hydrogens (tertiary/aromatic N) is 2. The molecule has 1 N–H and O–H groups in total. The molecule has 2 aliphatic heterocycles. The first-order valence-electron chi connectivity index (χ1n) is 16.2. The molecule has 4 saturated carbocycles. The van der Waals surface area contributed by atoms with Gasteiger partial charge in [-0.3, -0.25) is 9.69 Å². The average Bonchev–Trinajstić information content (AvgIpc) is 3.22. The van der Waals surface area contributed by atoms with E-state index in [9.17, 15) is 9.90 Å². The van der Waals surface area contributed by atoms with Gasteiger partial charge < -0.3 is 19.1 Å². The van der Waals surface area contributed by atoms with Gasteiger partial charge in [-0.05, 0) is 86.9 Å². The van der Waals surface area contributed by atoms with Crippen molar-refractivity contribution >= 4 is 5.97 Å². The van der Waals surface area contributed by atoms with E-state index in [1.54, 1.807) is 0 Å². The predicted octanol–water partition coefficient (Wildman–Crippen LogP) is 4.63. The lowest BCUT2D eigenvalue weighted by Gasteiger charge is -2.62. The maximum Gasteiger partial charge on any atom is 0.306 e. The number of rotatable bonds is 4. The molecule has 0 radical (unpaired) electrons. The zero-order valence-corrected chi connectivity index (χ0v) is 24.7. The lowest BCUT2D eigenvalue weighted by molar-refractivity contribution is -0.940. The maximum atomic E-state index is 12.8. The number of likely N-dealkylation sites (tertiary alicyclic amines) is 1. The summed E-state index contributed by atoms with van der Waals surface area (Å²) in [5, 5.41) is 11.3. The van der Waals surface area contributed by atoms with E-state index in [0.717, 1.165) is 55.5 Å². The van der Waals surface area contributed by atoms with Crippen molar-refractivity contribution in [3.05, 3.63) is 0 Å². The average molecular weight is 532 g/mol. The van der Waals surface area contributed by atoms with Crippen LogP contribution in [0, 0.1) is 34.5 Å². The molecule has 6 fully saturated rings. The molecule has 0 aromatic heterocycles. The number of carbonyl (C=O) groups excluding carboxylic acids is 1. The molecule has 2 heterocycles. The Bertz CT molecular complexity index is 870. The fourth-order valence-electron chi connectivity index (χ4n) is 11.1. The molecule has 6 nitrogen and oxygen atoms in total. The van der Waals surface area contributed by atoms with Crippen molar-refractivity contribution in [3.8, 4) is 0 Å². The van der Waals surface area contributed by atoms with E-state index in [1.807, 2.05) is 6.92 Å². The van der Waals surface area contributed by atoms with Gasteiger partial charge in [-0.1, -0.05) is 20.8 Å². The third-order valence-electron chi connectivity index (χ3n) is 13.3. The van der Waals surface area contributed by atoms with Gasteiger partial charge in [0.1, 0.15) is 6.04 Å². The molecule has 4 aliphatic carbocycles. The SMILES string of the molecule is CCC(=O)O[C@H]1[C@@H]([N+]2(C)CCCCC2)CC2C3CC[C@H]4C[C@H](O)[C@@H](N5CCOCC5)C[C@]4(C)C3CC[C@@]21C. The Hall–Kier alpha value is -0.690. The van der Waals surface area contributed by atoms with Crippen molar-refractivity contribution in [2.75, 3.05) is 46.4 Å². The first kappa shape index (κ1) is 27.5. The second-order valence-corrected chi connectivity index (χ2v) is 15.0. The summed E-state index contributed by atoms with van der Waals surface area (Å²) in [7, 11) is 2.47. The Labute approximate surface area is 231 Å². The Morgan fingerprint density at radius 1 is 1.03 bits per heavy atom. The van der Waals surface area contributed by atoms with Crippen LogP contribution in [0.4, 0.5) is 0 Å². The smallest absolute Gasteiger partial charge is 0.306 e. The number of quaternary nitrogens is 1. The monoisotopic (exact) mass is 531 g/mol. The van der Waals surface area contributed by atoms with Crippen molar-refractivity contribution in [3.63, 3.8) is 0 Å². The van der Waals surface area contributed by atoms with Gasteiger partial charge in [-0.15, -0.1) is 0 Å². The minimum atomic E-state index is -0.200. The van der Waals surface area contributed by atoms with Crippen LogP contribution in [0.15, 0.2) is 0 Å². The number of aliphatic hydroxyl groups excluding tert-OH is 1. The van der Waals surface area contributed by atoms with Crippen molar-refractivity contribution in [2.45, 2.75) is 116 Å². The van der Waals surface area contributed by atoms with Crippen LogP contribution in [0.1, 0.15) is 91.4 Å². The Balaban J connectivity index is 1.28. The van der Waals surface area contributed by atoms with E-state index in [1.165, 1.54) is 64.5 Å². The maximum absolute atomic E-state index is 12.8. The van der Waals surface area contributed by atoms with Gasteiger partial charge in [-0.2, -0.15) is 0 Å². The fraction of sp³-hybridized carbons (Fsp3) is 0.969. The van der Waals surface area contributed by atoms with Gasteiger partial charge in [-0.25, -0.2) is 0 Å². The van der Waals surface area contributed by atoms with Crippen LogP contribution >= 0.6 is 0 Å². The van der Waals surface area contributed by atoms with Crippen LogP contribution < -0.4 is 0 Å². The Morgan fingerprint density at radius 3 is 2.47 bits per heavy atom. The number of aliphatic hydroxyl groups is 1. The number of esters is 1. The molecular formula is C32H55N2O4+. The second kappa shape index (κ2) is 10.3. The van der Waals surface area contributed by atoms with Gasteiger partial charge in [0.05, 0.1) is 39.5 Å². The topological polar surface area (TPSA) is 59.0 Å². The zero-order chi connectivity index (χ0) is 26.7. The Morgan fingerprint density at radius 2 is 1.76 bits per heavy atom. The molecule has 0 aromatic carbocycles. The fourth-order valence-corrected chi connectivity index (χ4v) is 11.1. The van der Waals surface area contributed by atoms with Gasteiger partial charge in [0.15, 0.2) is 6.10 Å². The molecule has 6 aliphatic rings. The summed E-state index contributed by atoms with van der Waals surface area (Å²) in [6, 6.07) is 0.721. The number of morpholine rings is 1. The van der Waals surface area contributed by atoms with Crippen LogP contribution in [-0.2, 0) is 14.3 Å². The summed E-state index contributed by atoms with van der Waals surface area (Å²) in [5.74, 6) is 2.73. The molecule has 0 bridgehead atoms. The summed E-state index contributed by atoms with van der Waals surface area (Å²) in [6.45, 7) is 13.0. The number of fused-ring (bicyclic) bond motifs is 5. The summed E-state index contributed by atoms with van der Waals surface area (Å²) < 4.78 is 13.2. The minimum absolute atomic E-state index is 0.00195. The van der Waals surface area contributed by atoms with Crippen molar-refractivity contribution in [1.82, 2.24) is 4.90 Å². The zero-order valence-electron chi connectivity index (χ0n) is 24.7. The number of hydrogen-bond acceptors (Lipinski definition) is 5. The lowest BCUT2D eigenvalue weighted by Crippen LogP contribution is -2.61. The molecule has 38 heavy (non-hydrogen) atoms. The largest absolute Gasteiger partial charge is 0.455 e. The standard InChI is InChI=1S/C32H55N2O4/c1-5-29(36)38-30-27(34(4)15-7-6-8-16-34)20-25-23-10-9-22-19-28(35)26(33-13-17-37-18-14-33)21-32(22,3)24(23)11-12-31(25,30)2/h22-28,30,35H,5-21H2,1-4H3/q+1/t22-,23?,24?,25?,26-,27-,28-,30-,31-,32-/m0/s1. The highest BCUT2D eigenvalue weighted by Crippen LogP contribution is 2.67. The van der Waals surface area contributed by atoms with Crippen LogP contribution in [-0.4, -0.2) is 91.2 Å². The normalized spacial score (nSPS) is 49.0. The van der Waals surface area contributed by atoms with E-state index in [0.29, 0.717) is 29.7 Å². The lowest BCUT2D eigenvalue weighted by atomic mass is 9.44. The third kappa shape index (κ3) is 4.39. The first-order chi connectivity index (χ1) is 18.2. The van der Waals surface area contributed by atoms with Crippen LogP contribution in [0.5, 0.6) is 0 Å². The molecule has 2 saturated heterocycles. The van der Waals surface area contributed by atoms with Gasteiger partial charge in [0.2, 0.25) is 0 Å². The Kier molecular flexibility index (Phi) is 7.45. The highest BCUT2D eigenvalue weighted by molar-refractivity contribution is 5.69. The van der Waals surface area contributed by atoms with E-state index in [2.05, 4.69) is 25.8 Å². The predicted molar refractivity (Wildman–Crippen MR) is 148 cm³/mol. The van der Waals surface area contributed by atoms with Gasteiger partial charge in [0, 0.05) is 37.4 Å². The summed E-state index contributed by atoms with van der Waals surface area (Å²) in [5.41, 5.74) is 0.389. The quantitative estimate of drug-likeness (QED) is 0.423. The molecular weight excluding hydrogens is 476 g/mol. The second-order valence-electron chi connectivity index (χ2n) is 15.0. The molecule has 10 atom stereocenters. The number of likely N-dealkylation sites (N-methyl/N-ethyl adjacent to an activating group) is 1. The number of piperidine rings is 1. The van der Waals surface area contributed by atoms with Crippen molar-refractivity contribution in [2.24, 2.45) is 34.5 Å². The van der Waals surface area contributed by atoms with Crippen LogP contribution in [0.3, 0.4) is 0 Å². The van der Waals surface area contributed by atoms with E-state index in [-0.39, 0.29) is 29.6 Å². The molecule has 0 spiro atoms. The number of hydrogen-bond donors (Lipinski definition) is 1. The van der Waals surface area contributed by atoms with Crippen molar-refractivity contribution in [1.29, 1.82) is 0 Å². The van der Waals surface area contributed by atoms with E-state index in [4.69, 9.17) is 9.47 Å². The van der Waals surface area contributed by atoms with Gasteiger partial charge >= 0.3 is 5.97 Å².